The van der Waals surface area contributed by atoms with E-state index in [0.717, 1.165) is 37.9 Å². The standard InChI is InChI=1S/C18H13ClN4S/c19-14-7-5-12(6-8-14)17-11-24-18(22-17)23-21-10-13-9-20-16-4-2-1-3-15(13)16/h1-11,20H,(H,22,23)/b21-10-. The summed E-state index contributed by atoms with van der Waals surface area (Å²) >= 11 is 7.42. The van der Waals surface area contributed by atoms with Gasteiger partial charge in [-0.2, -0.15) is 5.10 Å². The molecule has 0 aliphatic carbocycles. The average Bonchev–Trinajstić information content (AvgIpc) is 3.23. The number of para-hydroxylation sites is 1. The molecule has 0 atom stereocenters. The maximum Gasteiger partial charge on any atom is 0.203 e. The number of hydrogen-bond acceptors (Lipinski definition) is 4. The van der Waals surface area contributed by atoms with E-state index in [1.807, 2.05) is 54.0 Å². The number of rotatable bonds is 4. The van der Waals surface area contributed by atoms with Crippen molar-refractivity contribution in [1.29, 1.82) is 0 Å². The van der Waals surface area contributed by atoms with Crippen molar-refractivity contribution in [2.45, 2.75) is 0 Å². The number of halogens is 1. The van der Waals surface area contributed by atoms with Crippen LogP contribution in [0, 0.1) is 0 Å². The van der Waals surface area contributed by atoms with E-state index in [4.69, 9.17) is 11.6 Å². The van der Waals surface area contributed by atoms with E-state index in [9.17, 15) is 0 Å². The first-order valence-electron chi connectivity index (χ1n) is 7.36. The van der Waals surface area contributed by atoms with Gasteiger partial charge < -0.3 is 4.98 Å². The highest BCUT2D eigenvalue weighted by atomic mass is 35.5. The first-order valence-corrected chi connectivity index (χ1v) is 8.62. The summed E-state index contributed by atoms with van der Waals surface area (Å²) in [5.74, 6) is 0. The Morgan fingerprint density at radius 1 is 1.12 bits per heavy atom. The van der Waals surface area contributed by atoms with Crippen molar-refractivity contribution in [3.63, 3.8) is 0 Å². The second-order valence-corrected chi connectivity index (χ2v) is 6.50. The van der Waals surface area contributed by atoms with Crippen LogP contribution in [0.5, 0.6) is 0 Å². The molecule has 4 aromatic rings. The highest BCUT2D eigenvalue weighted by Gasteiger charge is 2.04. The number of anilines is 1. The fourth-order valence-electron chi connectivity index (χ4n) is 2.44. The van der Waals surface area contributed by atoms with Crippen molar-refractivity contribution >= 4 is 45.2 Å². The highest BCUT2D eigenvalue weighted by molar-refractivity contribution is 7.14. The van der Waals surface area contributed by atoms with Crippen LogP contribution < -0.4 is 5.43 Å². The van der Waals surface area contributed by atoms with Gasteiger partial charge in [0, 0.05) is 38.6 Å². The second-order valence-electron chi connectivity index (χ2n) is 5.20. The molecular weight excluding hydrogens is 340 g/mol. The largest absolute Gasteiger partial charge is 0.361 e. The summed E-state index contributed by atoms with van der Waals surface area (Å²) in [5, 5.41) is 8.89. The first kappa shape index (κ1) is 14.9. The number of hydrazone groups is 1. The summed E-state index contributed by atoms with van der Waals surface area (Å²) in [7, 11) is 0. The minimum atomic E-state index is 0.718. The van der Waals surface area contributed by atoms with Crippen LogP contribution >= 0.6 is 22.9 Å². The SMILES string of the molecule is Clc1ccc(-c2csc(N/N=C\c3c[nH]c4ccccc34)n2)cc1. The van der Waals surface area contributed by atoms with Crippen molar-refractivity contribution in [3.05, 3.63) is 70.7 Å². The topological polar surface area (TPSA) is 53.1 Å². The average molecular weight is 353 g/mol. The zero-order chi connectivity index (χ0) is 16.4. The van der Waals surface area contributed by atoms with Crippen molar-refractivity contribution in [1.82, 2.24) is 9.97 Å². The molecule has 4 rings (SSSR count). The Hall–Kier alpha value is -2.63. The van der Waals surface area contributed by atoms with E-state index in [-0.39, 0.29) is 0 Å². The van der Waals surface area contributed by atoms with E-state index < -0.39 is 0 Å². The number of benzene rings is 2. The van der Waals surface area contributed by atoms with Crippen LogP contribution in [0.15, 0.2) is 65.2 Å². The van der Waals surface area contributed by atoms with Gasteiger partial charge in [0.1, 0.15) is 0 Å². The highest BCUT2D eigenvalue weighted by Crippen LogP contribution is 2.26. The molecule has 2 heterocycles. The maximum absolute atomic E-state index is 5.91. The molecule has 0 amide bonds. The monoisotopic (exact) mass is 352 g/mol. The molecule has 24 heavy (non-hydrogen) atoms. The molecule has 0 radical (unpaired) electrons. The smallest absolute Gasteiger partial charge is 0.203 e. The van der Waals surface area contributed by atoms with Crippen molar-refractivity contribution < 1.29 is 0 Å². The van der Waals surface area contributed by atoms with Gasteiger partial charge in [-0.15, -0.1) is 11.3 Å². The Balaban J connectivity index is 1.49. The lowest BCUT2D eigenvalue weighted by molar-refractivity contribution is 1.29. The van der Waals surface area contributed by atoms with Crippen LogP contribution in [0.3, 0.4) is 0 Å². The fraction of sp³-hybridized carbons (Fsp3) is 0. The molecule has 0 aliphatic rings. The Labute approximate surface area is 147 Å². The predicted octanol–water partition coefficient (Wildman–Crippen LogP) is 5.39. The Kier molecular flexibility index (Phi) is 4.02. The lowest BCUT2D eigenvalue weighted by Crippen LogP contribution is -1.89. The van der Waals surface area contributed by atoms with E-state index in [1.54, 1.807) is 6.21 Å². The number of nitrogens with zero attached hydrogens (tertiary/aromatic N) is 2. The summed E-state index contributed by atoms with van der Waals surface area (Å²) in [6.07, 6.45) is 3.74. The van der Waals surface area contributed by atoms with Gasteiger partial charge in [-0.05, 0) is 18.2 Å². The molecule has 2 aromatic heterocycles. The summed E-state index contributed by atoms with van der Waals surface area (Å²) in [5.41, 5.74) is 7.05. The van der Waals surface area contributed by atoms with Gasteiger partial charge in [0.25, 0.3) is 0 Å². The number of thiazole rings is 1. The zero-order valence-electron chi connectivity index (χ0n) is 12.5. The van der Waals surface area contributed by atoms with Gasteiger partial charge in [-0.3, -0.25) is 5.43 Å². The van der Waals surface area contributed by atoms with E-state index in [1.165, 1.54) is 11.3 Å². The molecule has 0 bridgehead atoms. The number of aromatic nitrogens is 2. The van der Waals surface area contributed by atoms with E-state index in [0.29, 0.717) is 0 Å². The molecule has 0 saturated heterocycles. The molecule has 0 saturated carbocycles. The third kappa shape index (κ3) is 3.04. The van der Waals surface area contributed by atoms with Gasteiger partial charge in [0.05, 0.1) is 11.9 Å². The minimum Gasteiger partial charge on any atom is -0.361 e. The molecule has 0 fully saturated rings. The van der Waals surface area contributed by atoms with Crippen molar-refractivity contribution in [2.24, 2.45) is 5.10 Å². The molecule has 6 heteroatoms. The zero-order valence-corrected chi connectivity index (χ0v) is 14.1. The van der Waals surface area contributed by atoms with Crippen LogP contribution in [0.25, 0.3) is 22.2 Å². The third-order valence-corrected chi connectivity index (χ3v) is 4.63. The predicted molar refractivity (Wildman–Crippen MR) is 102 cm³/mol. The Morgan fingerprint density at radius 3 is 2.83 bits per heavy atom. The summed E-state index contributed by atoms with van der Waals surface area (Å²) in [4.78, 5) is 7.76. The van der Waals surface area contributed by atoms with Gasteiger partial charge in [0.2, 0.25) is 5.13 Å². The third-order valence-electron chi connectivity index (χ3n) is 3.63. The first-order chi connectivity index (χ1) is 11.8. The number of hydrogen-bond donors (Lipinski definition) is 2. The van der Waals surface area contributed by atoms with Gasteiger partial charge in [-0.1, -0.05) is 41.9 Å². The summed E-state index contributed by atoms with van der Waals surface area (Å²) in [6, 6.07) is 15.8. The summed E-state index contributed by atoms with van der Waals surface area (Å²) < 4.78 is 0. The van der Waals surface area contributed by atoms with Crippen LogP contribution in [0.4, 0.5) is 5.13 Å². The summed E-state index contributed by atoms with van der Waals surface area (Å²) in [6.45, 7) is 0. The van der Waals surface area contributed by atoms with Crippen molar-refractivity contribution in [3.8, 4) is 11.3 Å². The molecule has 0 spiro atoms. The normalized spacial score (nSPS) is 11.4. The molecule has 4 nitrogen and oxygen atoms in total. The second kappa shape index (κ2) is 6.47. The number of aromatic amines is 1. The molecule has 2 aromatic carbocycles. The Bertz CT molecular complexity index is 1000. The lowest BCUT2D eigenvalue weighted by atomic mass is 10.2. The van der Waals surface area contributed by atoms with E-state index >= 15 is 0 Å². The molecule has 0 unspecified atom stereocenters. The Morgan fingerprint density at radius 2 is 1.96 bits per heavy atom. The lowest BCUT2D eigenvalue weighted by Gasteiger charge is -1.96. The molecule has 0 aliphatic heterocycles. The van der Waals surface area contributed by atoms with Crippen LogP contribution in [0.1, 0.15) is 5.56 Å². The van der Waals surface area contributed by atoms with Crippen LogP contribution in [0.2, 0.25) is 5.02 Å². The molecule has 118 valence electrons. The van der Waals surface area contributed by atoms with Crippen LogP contribution in [-0.4, -0.2) is 16.2 Å². The number of fused-ring (bicyclic) bond motifs is 1. The number of nitrogens with one attached hydrogen (secondary N) is 2. The quantitative estimate of drug-likeness (QED) is 0.382. The molecule has 2 N–H and O–H groups in total. The van der Waals surface area contributed by atoms with E-state index in [2.05, 4.69) is 26.6 Å². The van der Waals surface area contributed by atoms with Crippen molar-refractivity contribution in [2.75, 3.05) is 5.43 Å². The number of H-pyrrole nitrogens is 1. The maximum atomic E-state index is 5.91. The fourth-order valence-corrected chi connectivity index (χ4v) is 3.23. The minimum absolute atomic E-state index is 0.718. The van der Waals surface area contributed by atoms with Gasteiger partial charge in [-0.25, -0.2) is 4.98 Å². The van der Waals surface area contributed by atoms with Gasteiger partial charge >= 0.3 is 0 Å². The van der Waals surface area contributed by atoms with Gasteiger partial charge in [0.15, 0.2) is 0 Å². The van der Waals surface area contributed by atoms with Crippen LogP contribution in [-0.2, 0) is 0 Å². The molecular formula is C18H13ClN4S.